The Labute approximate surface area is 214 Å². The summed E-state index contributed by atoms with van der Waals surface area (Å²) in [5.74, 6) is 1.000. The number of hydrogen-bond acceptors (Lipinski definition) is 5. The van der Waals surface area contributed by atoms with Crippen LogP contribution in [-0.2, 0) is 16.1 Å². The van der Waals surface area contributed by atoms with E-state index in [-0.39, 0.29) is 18.4 Å². The Morgan fingerprint density at radius 3 is 2.61 bits per heavy atom. The van der Waals surface area contributed by atoms with E-state index in [1.807, 2.05) is 53.4 Å². The SMILES string of the molecule is O=C(NCC1CCOCC1)c1ccc2c(c1)CNCCCCCCCN2C(=O)COc1ccccc1. The van der Waals surface area contributed by atoms with Crippen molar-refractivity contribution in [2.75, 3.05) is 44.4 Å². The first-order chi connectivity index (χ1) is 17.7. The normalized spacial score (nSPS) is 17.8. The molecule has 0 atom stereocenters. The predicted molar refractivity (Wildman–Crippen MR) is 141 cm³/mol. The van der Waals surface area contributed by atoms with Crippen LogP contribution < -0.4 is 20.3 Å². The number of benzene rings is 2. The molecule has 2 aliphatic heterocycles. The molecular weight excluding hydrogens is 454 g/mol. The molecule has 1 saturated heterocycles. The van der Waals surface area contributed by atoms with E-state index in [0.29, 0.717) is 36.9 Å². The Kier molecular flexibility index (Phi) is 10.2. The molecule has 2 aliphatic rings. The molecule has 2 heterocycles. The smallest absolute Gasteiger partial charge is 0.264 e. The van der Waals surface area contributed by atoms with Crippen LogP contribution in [0.2, 0.25) is 0 Å². The molecule has 1 fully saturated rings. The fourth-order valence-electron chi connectivity index (χ4n) is 4.81. The molecule has 2 amide bonds. The fourth-order valence-corrected chi connectivity index (χ4v) is 4.81. The Morgan fingerprint density at radius 1 is 1.00 bits per heavy atom. The Hall–Kier alpha value is -2.90. The van der Waals surface area contributed by atoms with Gasteiger partial charge in [0.25, 0.3) is 11.8 Å². The lowest BCUT2D eigenvalue weighted by atomic mass is 10.00. The summed E-state index contributed by atoms with van der Waals surface area (Å²) >= 11 is 0. The molecule has 7 nitrogen and oxygen atoms in total. The highest BCUT2D eigenvalue weighted by Gasteiger charge is 2.22. The molecule has 0 bridgehead atoms. The summed E-state index contributed by atoms with van der Waals surface area (Å²) in [6.07, 6.45) is 7.48. The molecule has 194 valence electrons. The summed E-state index contributed by atoms with van der Waals surface area (Å²) in [7, 11) is 0. The summed E-state index contributed by atoms with van der Waals surface area (Å²) in [5, 5.41) is 6.61. The minimum Gasteiger partial charge on any atom is -0.484 e. The van der Waals surface area contributed by atoms with Gasteiger partial charge in [-0.2, -0.15) is 0 Å². The van der Waals surface area contributed by atoms with Gasteiger partial charge in [0.05, 0.1) is 0 Å². The van der Waals surface area contributed by atoms with Crippen LogP contribution in [0.5, 0.6) is 5.75 Å². The highest BCUT2D eigenvalue weighted by molar-refractivity contribution is 5.98. The summed E-state index contributed by atoms with van der Waals surface area (Å²) in [6, 6.07) is 15.1. The second-order valence-corrected chi connectivity index (χ2v) is 9.70. The maximum atomic E-state index is 13.3. The molecule has 2 N–H and O–H groups in total. The first-order valence-corrected chi connectivity index (χ1v) is 13.4. The van der Waals surface area contributed by atoms with Crippen molar-refractivity contribution < 1.29 is 19.1 Å². The first-order valence-electron chi connectivity index (χ1n) is 13.4. The van der Waals surface area contributed by atoms with E-state index in [0.717, 1.165) is 63.1 Å². The molecule has 0 aliphatic carbocycles. The van der Waals surface area contributed by atoms with Gasteiger partial charge in [0, 0.05) is 44.1 Å². The van der Waals surface area contributed by atoms with Crippen LogP contribution >= 0.6 is 0 Å². The molecule has 2 aromatic rings. The molecule has 0 unspecified atom stereocenters. The van der Waals surface area contributed by atoms with Crippen molar-refractivity contribution in [3.05, 3.63) is 59.7 Å². The van der Waals surface area contributed by atoms with Crippen molar-refractivity contribution >= 4 is 17.5 Å². The van der Waals surface area contributed by atoms with Crippen LogP contribution in [0.1, 0.15) is 60.9 Å². The van der Waals surface area contributed by atoms with E-state index in [4.69, 9.17) is 9.47 Å². The van der Waals surface area contributed by atoms with E-state index >= 15 is 0 Å². The maximum absolute atomic E-state index is 13.3. The lowest BCUT2D eigenvalue weighted by Gasteiger charge is -2.27. The first kappa shape index (κ1) is 26.2. The molecule has 0 spiro atoms. The molecule has 7 heteroatoms. The molecule has 2 aromatic carbocycles. The zero-order chi connectivity index (χ0) is 25.0. The number of rotatable bonds is 6. The van der Waals surface area contributed by atoms with Crippen molar-refractivity contribution in [1.82, 2.24) is 10.6 Å². The Morgan fingerprint density at radius 2 is 1.78 bits per heavy atom. The summed E-state index contributed by atoms with van der Waals surface area (Å²) in [5.41, 5.74) is 2.44. The third kappa shape index (κ3) is 7.80. The number of amides is 2. The Bertz CT molecular complexity index is 976. The highest BCUT2D eigenvalue weighted by atomic mass is 16.5. The maximum Gasteiger partial charge on any atom is 0.264 e. The van der Waals surface area contributed by atoms with Crippen molar-refractivity contribution in [2.24, 2.45) is 5.92 Å². The van der Waals surface area contributed by atoms with E-state index in [2.05, 4.69) is 10.6 Å². The minimum atomic E-state index is -0.0751. The van der Waals surface area contributed by atoms with E-state index in [9.17, 15) is 9.59 Å². The van der Waals surface area contributed by atoms with Crippen LogP contribution in [-0.4, -0.2) is 51.3 Å². The van der Waals surface area contributed by atoms with Gasteiger partial charge in [-0.1, -0.05) is 37.5 Å². The number of carbonyl (C=O) groups is 2. The van der Waals surface area contributed by atoms with Crippen LogP contribution in [0.25, 0.3) is 0 Å². The average Bonchev–Trinajstić information content (AvgIpc) is 2.92. The van der Waals surface area contributed by atoms with Gasteiger partial charge in [-0.3, -0.25) is 9.59 Å². The summed E-state index contributed by atoms with van der Waals surface area (Å²) in [6.45, 7) is 4.35. The predicted octanol–water partition coefficient (Wildman–Crippen LogP) is 4.31. The molecule has 0 radical (unpaired) electrons. The third-order valence-corrected chi connectivity index (χ3v) is 6.98. The van der Waals surface area contributed by atoms with Gasteiger partial charge in [0.15, 0.2) is 6.61 Å². The van der Waals surface area contributed by atoms with Gasteiger partial charge in [0.1, 0.15) is 5.75 Å². The monoisotopic (exact) mass is 493 g/mol. The minimum absolute atomic E-state index is 0.0236. The van der Waals surface area contributed by atoms with Crippen molar-refractivity contribution in [3.63, 3.8) is 0 Å². The number of carbonyl (C=O) groups excluding carboxylic acids is 2. The van der Waals surface area contributed by atoms with E-state index in [1.54, 1.807) is 0 Å². The van der Waals surface area contributed by atoms with Crippen molar-refractivity contribution in [3.8, 4) is 5.75 Å². The molecular formula is C29H39N3O4. The number of para-hydroxylation sites is 1. The molecule has 4 rings (SSSR count). The summed E-state index contributed by atoms with van der Waals surface area (Å²) < 4.78 is 11.2. The van der Waals surface area contributed by atoms with Gasteiger partial charge in [0.2, 0.25) is 0 Å². The zero-order valence-corrected chi connectivity index (χ0v) is 21.2. The van der Waals surface area contributed by atoms with Crippen LogP contribution in [0.4, 0.5) is 5.69 Å². The number of nitrogens with zero attached hydrogens (tertiary/aromatic N) is 1. The van der Waals surface area contributed by atoms with E-state index in [1.165, 1.54) is 12.8 Å². The van der Waals surface area contributed by atoms with Crippen molar-refractivity contribution in [2.45, 2.75) is 51.5 Å². The van der Waals surface area contributed by atoms with Crippen LogP contribution in [0, 0.1) is 5.92 Å². The van der Waals surface area contributed by atoms with Gasteiger partial charge < -0.3 is 25.0 Å². The van der Waals surface area contributed by atoms with E-state index < -0.39 is 0 Å². The summed E-state index contributed by atoms with van der Waals surface area (Å²) in [4.78, 5) is 28.1. The van der Waals surface area contributed by atoms with Crippen molar-refractivity contribution in [1.29, 1.82) is 0 Å². The topological polar surface area (TPSA) is 79.9 Å². The molecule has 0 saturated carbocycles. The van der Waals surface area contributed by atoms with Gasteiger partial charge in [-0.25, -0.2) is 0 Å². The van der Waals surface area contributed by atoms with Crippen LogP contribution in [0.15, 0.2) is 48.5 Å². The average molecular weight is 494 g/mol. The fraction of sp³-hybridized carbons (Fsp3) is 0.517. The standard InChI is InChI=1S/C29H39N3O4/c33-28(22-36-26-9-5-4-6-10-26)32-16-8-3-1-2-7-15-30-21-25-19-24(11-12-27(25)32)29(34)31-20-23-13-17-35-18-14-23/h4-6,9-12,19,23,30H,1-3,7-8,13-18,20-22H2,(H,31,34). The quantitative estimate of drug-likeness (QED) is 0.627. The third-order valence-electron chi connectivity index (χ3n) is 6.98. The second kappa shape index (κ2) is 14.0. The molecule has 0 aromatic heterocycles. The highest BCUT2D eigenvalue weighted by Crippen LogP contribution is 2.25. The lowest BCUT2D eigenvalue weighted by Crippen LogP contribution is -2.37. The van der Waals surface area contributed by atoms with Gasteiger partial charge >= 0.3 is 0 Å². The largest absolute Gasteiger partial charge is 0.484 e. The van der Waals surface area contributed by atoms with Crippen LogP contribution in [0.3, 0.4) is 0 Å². The number of anilines is 1. The number of hydrogen-bond donors (Lipinski definition) is 2. The number of ether oxygens (including phenoxy) is 2. The molecule has 36 heavy (non-hydrogen) atoms. The zero-order valence-electron chi connectivity index (χ0n) is 21.2. The Balaban J connectivity index is 1.50. The number of fused-ring (bicyclic) bond motifs is 1. The second-order valence-electron chi connectivity index (χ2n) is 9.70. The van der Waals surface area contributed by atoms with Gasteiger partial charge in [-0.05, 0) is 74.0 Å². The number of nitrogens with one attached hydrogen (secondary N) is 2. The van der Waals surface area contributed by atoms with Gasteiger partial charge in [-0.15, -0.1) is 0 Å². The lowest BCUT2D eigenvalue weighted by molar-refractivity contribution is -0.120.